The second kappa shape index (κ2) is 8.79. The molecular weight excluding hydrogens is 474 g/mol. The van der Waals surface area contributed by atoms with Crippen molar-refractivity contribution in [3.05, 3.63) is 53.6 Å². The predicted molar refractivity (Wildman–Crippen MR) is 139 cm³/mol. The highest BCUT2D eigenvalue weighted by atomic mass is 32.2. The third-order valence-electron chi connectivity index (χ3n) is 9.67. The van der Waals surface area contributed by atoms with E-state index >= 15 is 0 Å². The SMILES string of the molecule is COc1ccc(S(=O)(=O)CC2CC[C@@H](C(=O)N3CC[C@@]4(C)c5cccc(O)c5C[C@H]3C4(C)C)C2)cc1. The second-order valence-corrected chi connectivity index (χ2v) is 13.7. The molecule has 2 aliphatic carbocycles. The highest BCUT2D eigenvalue weighted by molar-refractivity contribution is 7.91. The second-order valence-electron chi connectivity index (χ2n) is 11.7. The van der Waals surface area contributed by atoms with Crippen LogP contribution in [0.25, 0.3) is 0 Å². The zero-order valence-corrected chi connectivity index (χ0v) is 22.5. The maximum absolute atomic E-state index is 13.8. The average Bonchev–Trinajstić information content (AvgIpc) is 3.29. The molecule has 2 fully saturated rings. The molecule has 4 atom stereocenters. The van der Waals surface area contributed by atoms with Crippen molar-refractivity contribution in [2.45, 2.75) is 69.2 Å². The number of phenols is 1. The highest BCUT2D eigenvalue weighted by Gasteiger charge is 2.57. The monoisotopic (exact) mass is 511 g/mol. The number of amides is 1. The van der Waals surface area contributed by atoms with Crippen LogP contribution in [0.5, 0.6) is 11.5 Å². The molecule has 1 saturated heterocycles. The standard InChI is InChI=1S/C29H37NO5S/c1-28(2)26-17-23-24(6-5-7-25(23)31)29(28,3)14-15-30(26)27(32)20-9-8-19(16-20)18-36(33,34)22-12-10-21(35-4)11-13-22/h5-7,10-13,19-20,26,31H,8-9,14-18H2,1-4H3/t19?,20-,26+,29+/m1/s1. The summed E-state index contributed by atoms with van der Waals surface area (Å²) >= 11 is 0. The lowest BCUT2D eigenvalue weighted by Gasteiger charge is -2.61. The lowest BCUT2D eigenvalue weighted by atomic mass is 9.51. The summed E-state index contributed by atoms with van der Waals surface area (Å²) in [5.41, 5.74) is 1.92. The van der Waals surface area contributed by atoms with E-state index in [2.05, 4.69) is 31.7 Å². The minimum Gasteiger partial charge on any atom is -0.508 e. The topological polar surface area (TPSA) is 83.9 Å². The Labute approximate surface area is 214 Å². The summed E-state index contributed by atoms with van der Waals surface area (Å²) in [7, 11) is -1.88. The summed E-state index contributed by atoms with van der Waals surface area (Å²) in [4.78, 5) is 16.2. The van der Waals surface area contributed by atoms with Crippen LogP contribution in [0.2, 0.25) is 0 Å². The van der Waals surface area contributed by atoms with Crippen LogP contribution in [-0.2, 0) is 26.5 Å². The van der Waals surface area contributed by atoms with E-state index < -0.39 is 9.84 Å². The zero-order chi connectivity index (χ0) is 25.9. The van der Waals surface area contributed by atoms with Crippen molar-refractivity contribution in [3.63, 3.8) is 0 Å². The molecule has 2 bridgehead atoms. The molecule has 5 rings (SSSR count). The van der Waals surface area contributed by atoms with Crippen molar-refractivity contribution in [3.8, 4) is 11.5 Å². The summed E-state index contributed by atoms with van der Waals surface area (Å²) in [5, 5.41) is 10.6. The normalized spacial score (nSPS) is 29.0. The first-order valence-electron chi connectivity index (χ1n) is 13.0. The molecule has 0 spiro atoms. The number of aromatic hydroxyl groups is 1. The fourth-order valence-electron chi connectivity index (χ4n) is 7.06. The number of carbonyl (C=O) groups excluding carboxylic acids is 1. The Kier molecular flexibility index (Phi) is 6.13. The summed E-state index contributed by atoms with van der Waals surface area (Å²) < 4.78 is 31.2. The van der Waals surface area contributed by atoms with Crippen LogP contribution in [-0.4, -0.2) is 49.8 Å². The molecule has 36 heavy (non-hydrogen) atoms. The first-order valence-corrected chi connectivity index (χ1v) is 14.6. The minimum absolute atomic E-state index is 0.00614. The van der Waals surface area contributed by atoms with E-state index in [9.17, 15) is 18.3 Å². The number of hydrogen-bond donors (Lipinski definition) is 1. The van der Waals surface area contributed by atoms with Crippen molar-refractivity contribution < 1.29 is 23.1 Å². The molecule has 3 aliphatic rings. The first kappa shape index (κ1) is 25.1. The van der Waals surface area contributed by atoms with Crippen LogP contribution in [0.15, 0.2) is 47.4 Å². The molecule has 194 valence electrons. The van der Waals surface area contributed by atoms with E-state index in [-0.39, 0.29) is 40.4 Å². The van der Waals surface area contributed by atoms with Gasteiger partial charge in [0.2, 0.25) is 5.91 Å². The molecule has 1 saturated carbocycles. The van der Waals surface area contributed by atoms with Gasteiger partial charge in [0.1, 0.15) is 11.5 Å². The van der Waals surface area contributed by atoms with E-state index in [1.807, 2.05) is 6.07 Å². The number of fused-ring (bicyclic) bond motifs is 4. The van der Waals surface area contributed by atoms with Crippen molar-refractivity contribution in [1.29, 1.82) is 0 Å². The van der Waals surface area contributed by atoms with Crippen LogP contribution < -0.4 is 4.74 Å². The molecule has 2 aromatic rings. The van der Waals surface area contributed by atoms with Crippen LogP contribution >= 0.6 is 0 Å². The third-order valence-corrected chi connectivity index (χ3v) is 11.6. The Morgan fingerprint density at radius 1 is 1.11 bits per heavy atom. The lowest BCUT2D eigenvalue weighted by Crippen LogP contribution is -2.65. The van der Waals surface area contributed by atoms with E-state index in [0.717, 1.165) is 24.8 Å². The van der Waals surface area contributed by atoms with Gasteiger partial charge < -0.3 is 14.7 Å². The fraction of sp³-hybridized carbons (Fsp3) is 0.552. The van der Waals surface area contributed by atoms with E-state index in [0.29, 0.717) is 35.8 Å². The van der Waals surface area contributed by atoms with Gasteiger partial charge in [0, 0.05) is 23.9 Å². The molecule has 2 aromatic carbocycles. The molecule has 1 aliphatic heterocycles. The number of sulfone groups is 1. The van der Waals surface area contributed by atoms with E-state index in [1.165, 1.54) is 5.56 Å². The maximum atomic E-state index is 13.8. The van der Waals surface area contributed by atoms with Crippen LogP contribution in [0.1, 0.15) is 57.6 Å². The number of rotatable bonds is 5. The van der Waals surface area contributed by atoms with E-state index in [1.54, 1.807) is 37.4 Å². The van der Waals surface area contributed by atoms with Crippen LogP contribution in [0, 0.1) is 17.3 Å². The average molecular weight is 512 g/mol. The number of ether oxygens (including phenoxy) is 1. The Morgan fingerprint density at radius 3 is 2.53 bits per heavy atom. The molecule has 1 heterocycles. The van der Waals surface area contributed by atoms with Gasteiger partial charge in [-0.25, -0.2) is 8.42 Å². The number of carbonyl (C=O) groups is 1. The van der Waals surface area contributed by atoms with Gasteiger partial charge in [-0.1, -0.05) is 32.9 Å². The molecule has 1 N–H and O–H groups in total. The largest absolute Gasteiger partial charge is 0.508 e. The summed E-state index contributed by atoms with van der Waals surface area (Å²) in [6, 6.07) is 12.3. The zero-order valence-electron chi connectivity index (χ0n) is 21.7. The van der Waals surface area contributed by atoms with Crippen LogP contribution in [0.4, 0.5) is 0 Å². The van der Waals surface area contributed by atoms with Gasteiger partial charge in [0.25, 0.3) is 0 Å². The Bertz CT molecular complexity index is 1270. The maximum Gasteiger partial charge on any atom is 0.225 e. The lowest BCUT2D eigenvalue weighted by molar-refractivity contribution is -0.148. The quantitative estimate of drug-likeness (QED) is 0.627. The van der Waals surface area contributed by atoms with Gasteiger partial charge in [-0.3, -0.25) is 4.79 Å². The van der Waals surface area contributed by atoms with Gasteiger partial charge in [0.15, 0.2) is 9.84 Å². The van der Waals surface area contributed by atoms with Crippen molar-refractivity contribution in [2.24, 2.45) is 17.3 Å². The van der Waals surface area contributed by atoms with Gasteiger partial charge in [-0.05, 0) is 84.9 Å². The predicted octanol–water partition coefficient (Wildman–Crippen LogP) is 4.73. The van der Waals surface area contributed by atoms with E-state index in [4.69, 9.17) is 4.74 Å². The summed E-state index contributed by atoms with van der Waals surface area (Å²) in [6.07, 6.45) is 3.58. The highest BCUT2D eigenvalue weighted by Crippen LogP contribution is 2.57. The third kappa shape index (κ3) is 3.90. The fourth-order valence-corrected chi connectivity index (χ4v) is 8.73. The number of phenolic OH excluding ortho intramolecular Hbond substituents is 1. The van der Waals surface area contributed by atoms with Gasteiger partial charge in [-0.15, -0.1) is 0 Å². The number of benzene rings is 2. The van der Waals surface area contributed by atoms with Crippen LogP contribution in [0.3, 0.4) is 0 Å². The number of nitrogens with zero attached hydrogens (tertiary/aromatic N) is 1. The van der Waals surface area contributed by atoms with Gasteiger partial charge >= 0.3 is 0 Å². The number of hydrogen-bond acceptors (Lipinski definition) is 5. The number of piperidine rings is 1. The molecule has 0 radical (unpaired) electrons. The Balaban J connectivity index is 1.31. The number of likely N-dealkylation sites (tertiary alicyclic amines) is 1. The Hall–Kier alpha value is -2.54. The summed E-state index contributed by atoms with van der Waals surface area (Å²) in [6.45, 7) is 7.48. The number of methoxy groups -OCH3 is 1. The molecule has 1 amide bonds. The smallest absolute Gasteiger partial charge is 0.225 e. The molecule has 6 nitrogen and oxygen atoms in total. The van der Waals surface area contributed by atoms with Crippen molar-refractivity contribution in [1.82, 2.24) is 4.90 Å². The van der Waals surface area contributed by atoms with Gasteiger partial charge in [0.05, 0.1) is 17.8 Å². The molecule has 1 unspecified atom stereocenters. The van der Waals surface area contributed by atoms with Crippen molar-refractivity contribution in [2.75, 3.05) is 19.4 Å². The Morgan fingerprint density at radius 2 is 1.83 bits per heavy atom. The minimum atomic E-state index is -3.43. The van der Waals surface area contributed by atoms with Gasteiger partial charge in [-0.2, -0.15) is 0 Å². The summed E-state index contributed by atoms with van der Waals surface area (Å²) in [5.74, 6) is 0.991. The first-order chi connectivity index (χ1) is 17.0. The molecule has 0 aromatic heterocycles. The molecule has 7 heteroatoms. The molecular formula is C29H37NO5S. The van der Waals surface area contributed by atoms with Crippen molar-refractivity contribution >= 4 is 15.7 Å².